The molecule has 0 unspecified atom stereocenters. The van der Waals surface area contributed by atoms with Crippen LogP contribution in [0.1, 0.15) is 21.5 Å². The lowest BCUT2D eigenvalue weighted by Crippen LogP contribution is -2.38. The monoisotopic (exact) mass is 444 g/mol. The first-order valence-electron chi connectivity index (χ1n) is 8.76. The third-order valence-corrected chi connectivity index (χ3v) is 6.80. The number of thioether (sulfide) groups is 1. The van der Waals surface area contributed by atoms with Crippen LogP contribution in [-0.4, -0.2) is 43.8 Å². The number of hydrogen-bond donors (Lipinski definition) is 1. The van der Waals surface area contributed by atoms with Crippen molar-refractivity contribution in [3.05, 3.63) is 59.2 Å². The first-order valence-corrected chi connectivity index (χ1v) is 11.4. The first kappa shape index (κ1) is 21.5. The Labute approximate surface area is 171 Å². The zero-order chi connectivity index (χ0) is 21.2. The summed E-state index contributed by atoms with van der Waals surface area (Å²) in [6.07, 6.45) is -4.67. The van der Waals surface area contributed by atoms with E-state index in [2.05, 4.69) is 4.72 Å². The third kappa shape index (κ3) is 4.87. The van der Waals surface area contributed by atoms with Gasteiger partial charge in [0.05, 0.1) is 21.7 Å². The number of aryl methyl sites for hydroxylation is 1. The Balaban J connectivity index is 1.96. The second kappa shape index (κ2) is 8.27. The minimum atomic E-state index is -4.67. The average Bonchev–Trinajstić information content (AvgIpc) is 2.69. The van der Waals surface area contributed by atoms with Crippen LogP contribution in [0.3, 0.4) is 0 Å². The number of halogens is 3. The molecule has 0 saturated carbocycles. The number of sulfonamides is 1. The fourth-order valence-electron chi connectivity index (χ4n) is 2.95. The van der Waals surface area contributed by atoms with Crippen molar-refractivity contribution < 1.29 is 26.4 Å². The standard InChI is InChI=1S/C19H19F3N2O3S2/c1-13-4-2-7-16(18(25)24-8-10-28-11-9-24)17(13)23-29(26,27)15-6-3-5-14(12-15)19(20,21)22/h2-7,12,23H,8-11H2,1H3. The molecular weight excluding hydrogens is 425 g/mol. The number of para-hydroxylation sites is 1. The van der Waals surface area contributed by atoms with E-state index in [9.17, 15) is 26.4 Å². The van der Waals surface area contributed by atoms with Gasteiger partial charge >= 0.3 is 6.18 Å². The van der Waals surface area contributed by atoms with E-state index >= 15 is 0 Å². The minimum Gasteiger partial charge on any atom is -0.337 e. The number of rotatable bonds is 4. The Morgan fingerprint density at radius 2 is 1.76 bits per heavy atom. The summed E-state index contributed by atoms with van der Waals surface area (Å²) in [7, 11) is -4.33. The molecule has 0 spiro atoms. The minimum absolute atomic E-state index is 0.0770. The smallest absolute Gasteiger partial charge is 0.337 e. The van der Waals surface area contributed by atoms with Crippen molar-refractivity contribution in [1.82, 2.24) is 4.90 Å². The van der Waals surface area contributed by atoms with Gasteiger partial charge in [-0.25, -0.2) is 8.42 Å². The molecule has 29 heavy (non-hydrogen) atoms. The summed E-state index contributed by atoms with van der Waals surface area (Å²) in [6.45, 7) is 2.74. The van der Waals surface area contributed by atoms with Crippen molar-refractivity contribution in [2.75, 3.05) is 29.3 Å². The molecule has 0 aliphatic carbocycles. The molecule has 1 heterocycles. The highest BCUT2D eigenvalue weighted by Crippen LogP contribution is 2.32. The lowest BCUT2D eigenvalue weighted by atomic mass is 10.1. The van der Waals surface area contributed by atoms with E-state index < -0.39 is 26.7 Å². The zero-order valence-corrected chi connectivity index (χ0v) is 17.1. The lowest BCUT2D eigenvalue weighted by molar-refractivity contribution is -0.137. The van der Waals surface area contributed by atoms with Gasteiger partial charge in [-0.15, -0.1) is 0 Å². The van der Waals surface area contributed by atoms with Crippen LogP contribution < -0.4 is 4.72 Å². The zero-order valence-electron chi connectivity index (χ0n) is 15.5. The topological polar surface area (TPSA) is 66.5 Å². The summed E-state index contributed by atoms with van der Waals surface area (Å²) in [5, 5.41) is 0. The number of alkyl halides is 3. The van der Waals surface area contributed by atoms with Crippen LogP contribution in [0, 0.1) is 6.92 Å². The normalized spacial score (nSPS) is 15.2. The van der Waals surface area contributed by atoms with Gasteiger partial charge in [-0.2, -0.15) is 24.9 Å². The fourth-order valence-corrected chi connectivity index (χ4v) is 5.05. The van der Waals surface area contributed by atoms with Crippen LogP contribution >= 0.6 is 11.8 Å². The van der Waals surface area contributed by atoms with E-state index in [1.165, 1.54) is 6.07 Å². The van der Waals surface area contributed by atoms with Gasteiger partial charge in [0, 0.05) is 24.6 Å². The molecule has 1 aliphatic rings. The van der Waals surface area contributed by atoms with E-state index in [4.69, 9.17) is 0 Å². The molecule has 10 heteroatoms. The Hall–Kier alpha value is -2.20. The molecule has 1 amide bonds. The van der Waals surface area contributed by atoms with Crippen LogP contribution in [0.15, 0.2) is 47.4 Å². The highest BCUT2D eigenvalue weighted by Gasteiger charge is 2.32. The van der Waals surface area contributed by atoms with Crippen LogP contribution in [0.4, 0.5) is 18.9 Å². The second-order valence-electron chi connectivity index (χ2n) is 6.53. The number of carbonyl (C=O) groups is 1. The third-order valence-electron chi connectivity index (χ3n) is 4.51. The van der Waals surface area contributed by atoms with Crippen molar-refractivity contribution in [2.45, 2.75) is 18.0 Å². The number of nitrogens with zero attached hydrogens (tertiary/aromatic N) is 1. The van der Waals surface area contributed by atoms with E-state index in [-0.39, 0.29) is 17.2 Å². The van der Waals surface area contributed by atoms with Gasteiger partial charge < -0.3 is 4.90 Å². The average molecular weight is 445 g/mol. The Morgan fingerprint density at radius 3 is 2.41 bits per heavy atom. The molecule has 156 valence electrons. The molecule has 1 saturated heterocycles. The maximum Gasteiger partial charge on any atom is 0.416 e. The van der Waals surface area contributed by atoms with Gasteiger partial charge in [-0.1, -0.05) is 18.2 Å². The Bertz CT molecular complexity index is 1020. The molecule has 0 radical (unpaired) electrons. The summed E-state index contributed by atoms with van der Waals surface area (Å²) < 4.78 is 66.7. The maximum atomic E-state index is 13.0. The van der Waals surface area contributed by atoms with Gasteiger partial charge in [0.2, 0.25) is 0 Å². The summed E-state index contributed by atoms with van der Waals surface area (Å²) in [4.78, 5) is 14.0. The molecule has 1 aliphatic heterocycles. The largest absolute Gasteiger partial charge is 0.416 e. The first-order chi connectivity index (χ1) is 13.6. The van der Waals surface area contributed by atoms with Gasteiger partial charge in [0.25, 0.3) is 15.9 Å². The highest BCUT2D eigenvalue weighted by molar-refractivity contribution is 7.99. The fraction of sp³-hybridized carbons (Fsp3) is 0.316. The number of amides is 1. The van der Waals surface area contributed by atoms with Crippen LogP contribution in [0.5, 0.6) is 0 Å². The van der Waals surface area contributed by atoms with Crippen LogP contribution in [-0.2, 0) is 16.2 Å². The van der Waals surface area contributed by atoms with E-state index in [1.54, 1.807) is 35.7 Å². The molecular formula is C19H19F3N2O3S2. The molecule has 0 bridgehead atoms. The number of hydrogen-bond acceptors (Lipinski definition) is 4. The summed E-state index contributed by atoms with van der Waals surface area (Å²) >= 11 is 1.73. The lowest BCUT2D eigenvalue weighted by Gasteiger charge is -2.27. The van der Waals surface area contributed by atoms with Crippen molar-refractivity contribution in [3.63, 3.8) is 0 Å². The molecule has 5 nitrogen and oxygen atoms in total. The number of benzene rings is 2. The van der Waals surface area contributed by atoms with Crippen molar-refractivity contribution in [3.8, 4) is 0 Å². The number of anilines is 1. The SMILES string of the molecule is Cc1cccc(C(=O)N2CCSCC2)c1NS(=O)(=O)c1cccc(C(F)(F)F)c1. The van der Waals surface area contributed by atoms with Gasteiger partial charge in [0.15, 0.2) is 0 Å². The molecule has 1 fully saturated rings. The molecule has 1 N–H and O–H groups in total. The number of nitrogens with one attached hydrogen (secondary N) is 1. The number of carbonyl (C=O) groups excluding carboxylic acids is 1. The van der Waals surface area contributed by atoms with E-state index in [1.807, 2.05) is 0 Å². The quantitative estimate of drug-likeness (QED) is 0.774. The summed E-state index contributed by atoms with van der Waals surface area (Å²) in [5.41, 5.74) is -0.314. The Morgan fingerprint density at radius 1 is 1.10 bits per heavy atom. The van der Waals surface area contributed by atoms with Gasteiger partial charge in [-0.3, -0.25) is 9.52 Å². The predicted octanol–water partition coefficient (Wildman–Crippen LogP) is 4.00. The van der Waals surface area contributed by atoms with E-state index in [0.29, 0.717) is 24.7 Å². The predicted molar refractivity (Wildman–Crippen MR) is 107 cm³/mol. The molecule has 0 atom stereocenters. The van der Waals surface area contributed by atoms with E-state index in [0.717, 1.165) is 29.7 Å². The molecule has 2 aromatic carbocycles. The van der Waals surface area contributed by atoms with Crippen molar-refractivity contribution >= 4 is 33.4 Å². The summed E-state index contributed by atoms with van der Waals surface area (Å²) in [6, 6.07) is 8.28. The second-order valence-corrected chi connectivity index (χ2v) is 9.44. The molecule has 2 aromatic rings. The highest BCUT2D eigenvalue weighted by atomic mass is 32.2. The van der Waals surface area contributed by atoms with Gasteiger partial charge in [0.1, 0.15) is 0 Å². The van der Waals surface area contributed by atoms with Crippen LogP contribution in [0.25, 0.3) is 0 Å². The Kier molecular flexibility index (Phi) is 6.13. The maximum absolute atomic E-state index is 13.0. The summed E-state index contributed by atoms with van der Waals surface area (Å²) in [5.74, 6) is 1.28. The van der Waals surface area contributed by atoms with Crippen molar-refractivity contribution in [1.29, 1.82) is 0 Å². The van der Waals surface area contributed by atoms with Crippen LogP contribution in [0.2, 0.25) is 0 Å². The van der Waals surface area contributed by atoms with Crippen molar-refractivity contribution in [2.24, 2.45) is 0 Å². The molecule has 0 aromatic heterocycles. The van der Waals surface area contributed by atoms with Gasteiger partial charge in [-0.05, 0) is 36.8 Å². The molecule has 3 rings (SSSR count).